The molecule has 2 rings (SSSR count). The lowest BCUT2D eigenvalue weighted by molar-refractivity contribution is -0.123. The van der Waals surface area contributed by atoms with Gasteiger partial charge in [0.25, 0.3) is 0 Å². The Bertz CT molecular complexity index is 250. The first-order valence-corrected chi connectivity index (χ1v) is 6.64. The smallest absolute Gasteiger partial charge is 0.237 e. The fraction of sp³-hybridized carbons (Fsp3) is 0.923. The third kappa shape index (κ3) is 4.47. The Morgan fingerprint density at radius 3 is 2.06 bits per heavy atom. The van der Waals surface area contributed by atoms with Crippen LogP contribution >= 0.6 is 12.4 Å². The lowest BCUT2D eigenvalue weighted by Gasteiger charge is -2.21. The summed E-state index contributed by atoms with van der Waals surface area (Å²) in [6.07, 6.45) is 5.96. The molecule has 0 aromatic carbocycles. The highest BCUT2D eigenvalue weighted by atomic mass is 35.5. The molecule has 0 spiro atoms. The summed E-state index contributed by atoms with van der Waals surface area (Å²) in [5.41, 5.74) is 5.90. The standard InChI is InChI=1S/C13H24N2O.ClH/c1-8(2)7-11(14)13(16)15-12(9-3-4-9)10-5-6-10;/h8-12H,3-7,14H2,1-2H3,(H,15,16);1H/t11-;/m0./s1. The van der Waals surface area contributed by atoms with Crippen LogP contribution in [0.4, 0.5) is 0 Å². The van der Waals surface area contributed by atoms with Crippen LogP contribution in [-0.2, 0) is 4.79 Å². The third-order valence-electron chi connectivity index (χ3n) is 3.63. The number of hydrogen-bond donors (Lipinski definition) is 2. The van der Waals surface area contributed by atoms with Gasteiger partial charge in [-0.05, 0) is 49.9 Å². The van der Waals surface area contributed by atoms with Crippen LogP contribution in [0.1, 0.15) is 46.0 Å². The van der Waals surface area contributed by atoms with E-state index in [4.69, 9.17) is 5.73 Å². The molecular weight excluding hydrogens is 236 g/mol. The van der Waals surface area contributed by atoms with E-state index < -0.39 is 0 Å². The van der Waals surface area contributed by atoms with Crippen molar-refractivity contribution in [2.24, 2.45) is 23.5 Å². The number of hydrogen-bond acceptors (Lipinski definition) is 2. The maximum Gasteiger partial charge on any atom is 0.237 e. The molecule has 2 aliphatic carbocycles. The number of carbonyl (C=O) groups excluding carboxylic acids is 1. The van der Waals surface area contributed by atoms with Crippen LogP contribution in [0.5, 0.6) is 0 Å². The van der Waals surface area contributed by atoms with E-state index in [0.717, 1.165) is 18.3 Å². The van der Waals surface area contributed by atoms with Crippen molar-refractivity contribution >= 4 is 18.3 Å². The van der Waals surface area contributed by atoms with Crippen molar-refractivity contribution in [2.45, 2.75) is 58.0 Å². The molecule has 4 heteroatoms. The maximum absolute atomic E-state index is 11.9. The Balaban J connectivity index is 0.00000144. The van der Waals surface area contributed by atoms with Crippen LogP contribution in [0, 0.1) is 17.8 Å². The van der Waals surface area contributed by atoms with Crippen LogP contribution in [0.15, 0.2) is 0 Å². The highest BCUT2D eigenvalue weighted by Crippen LogP contribution is 2.44. The van der Waals surface area contributed by atoms with E-state index in [1.54, 1.807) is 0 Å². The van der Waals surface area contributed by atoms with Gasteiger partial charge in [0, 0.05) is 6.04 Å². The second-order valence-corrected chi connectivity index (χ2v) is 5.95. The van der Waals surface area contributed by atoms with E-state index in [1.807, 2.05) is 0 Å². The number of nitrogens with one attached hydrogen (secondary N) is 1. The molecule has 0 saturated heterocycles. The van der Waals surface area contributed by atoms with E-state index in [1.165, 1.54) is 25.7 Å². The number of halogens is 1. The van der Waals surface area contributed by atoms with Crippen LogP contribution in [0.2, 0.25) is 0 Å². The number of carbonyl (C=O) groups is 1. The minimum Gasteiger partial charge on any atom is -0.351 e. The largest absolute Gasteiger partial charge is 0.351 e. The average molecular weight is 261 g/mol. The summed E-state index contributed by atoms with van der Waals surface area (Å²) < 4.78 is 0. The third-order valence-corrected chi connectivity index (χ3v) is 3.63. The first-order valence-electron chi connectivity index (χ1n) is 6.64. The van der Waals surface area contributed by atoms with Crippen molar-refractivity contribution < 1.29 is 4.79 Å². The summed E-state index contributed by atoms with van der Waals surface area (Å²) in [6, 6.07) is 0.116. The number of amides is 1. The van der Waals surface area contributed by atoms with Crippen molar-refractivity contribution in [3.8, 4) is 0 Å². The minimum atomic E-state index is -0.319. The van der Waals surface area contributed by atoms with Gasteiger partial charge in [-0.1, -0.05) is 13.8 Å². The van der Waals surface area contributed by atoms with E-state index in [9.17, 15) is 4.79 Å². The molecule has 100 valence electrons. The molecule has 3 N–H and O–H groups in total. The van der Waals surface area contributed by atoms with E-state index in [-0.39, 0.29) is 24.4 Å². The summed E-state index contributed by atoms with van der Waals surface area (Å²) in [5, 5.41) is 3.18. The van der Waals surface area contributed by atoms with Crippen molar-refractivity contribution in [2.75, 3.05) is 0 Å². The lowest BCUT2D eigenvalue weighted by atomic mass is 10.0. The molecule has 2 aliphatic rings. The second-order valence-electron chi connectivity index (χ2n) is 5.95. The summed E-state index contributed by atoms with van der Waals surface area (Å²) in [5.74, 6) is 2.06. The molecule has 0 radical (unpaired) electrons. The molecule has 3 nitrogen and oxygen atoms in total. The van der Waals surface area contributed by atoms with E-state index >= 15 is 0 Å². The highest BCUT2D eigenvalue weighted by molar-refractivity contribution is 5.85. The Morgan fingerprint density at radius 1 is 1.24 bits per heavy atom. The molecule has 2 fully saturated rings. The van der Waals surface area contributed by atoms with E-state index in [0.29, 0.717) is 12.0 Å². The van der Waals surface area contributed by atoms with Crippen LogP contribution in [-0.4, -0.2) is 18.0 Å². The van der Waals surface area contributed by atoms with Crippen molar-refractivity contribution in [3.63, 3.8) is 0 Å². The SMILES string of the molecule is CC(C)C[C@H](N)C(=O)NC(C1CC1)C1CC1.Cl. The Labute approximate surface area is 110 Å². The van der Waals surface area contributed by atoms with Gasteiger partial charge in [0.1, 0.15) is 0 Å². The molecule has 17 heavy (non-hydrogen) atoms. The van der Waals surface area contributed by atoms with Crippen molar-refractivity contribution in [1.82, 2.24) is 5.32 Å². The normalized spacial score (nSPS) is 21.2. The summed E-state index contributed by atoms with van der Waals surface area (Å²) in [7, 11) is 0. The summed E-state index contributed by atoms with van der Waals surface area (Å²) in [4.78, 5) is 11.9. The zero-order chi connectivity index (χ0) is 11.7. The van der Waals surface area contributed by atoms with Crippen LogP contribution in [0.25, 0.3) is 0 Å². The molecular formula is C13H25ClN2O. The second kappa shape index (κ2) is 6.05. The molecule has 2 saturated carbocycles. The molecule has 0 unspecified atom stereocenters. The predicted molar refractivity (Wildman–Crippen MR) is 72.1 cm³/mol. The maximum atomic E-state index is 11.9. The zero-order valence-corrected chi connectivity index (χ0v) is 11.6. The average Bonchev–Trinajstić information content (AvgIpc) is 3.03. The molecule has 0 aromatic rings. The first kappa shape index (κ1) is 14.8. The van der Waals surface area contributed by atoms with Gasteiger partial charge in [-0.2, -0.15) is 0 Å². The highest BCUT2D eigenvalue weighted by Gasteiger charge is 2.42. The van der Waals surface area contributed by atoms with Gasteiger partial charge in [0.05, 0.1) is 6.04 Å². The van der Waals surface area contributed by atoms with E-state index in [2.05, 4.69) is 19.2 Å². The van der Waals surface area contributed by atoms with Gasteiger partial charge in [-0.25, -0.2) is 0 Å². The summed E-state index contributed by atoms with van der Waals surface area (Å²) in [6.45, 7) is 4.21. The molecule has 1 amide bonds. The first-order chi connectivity index (χ1) is 7.58. The lowest BCUT2D eigenvalue weighted by Crippen LogP contribution is -2.47. The Morgan fingerprint density at radius 2 is 1.71 bits per heavy atom. The van der Waals surface area contributed by atoms with Crippen LogP contribution < -0.4 is 11.1 Å². The Kier molecular flexibility index (Phi) is 5.26. The van der Waals surface area contributed by atoms with Gasteiger partial charge in [0.15, 0.2) is 0 Å². The van der Waals surface area contributed by atoms with Gasteiger partial charge < -0.3 is 11.1 Å². The quantitative estimate of drug-likeness (QED) is 0.768. The van der Waals surface area contributed by atoms with Gasteiger partial charge >= 0.3 is 0 Å². The van der Waals surface area contributed by atoms with Gasteiger partial charge in [-0.3, -0.25) is 4.79 Å². The van der Waals surface area contributed by atoms with Crippen molar-refractivity contribution in [3.05, 3.63) is 0 Å². The van der Waals surface area contributed by atoms with Gasteiger partial charge in [-0.15, -0.1) is 12.4 Å². The van der Waals surface area contributed by atoms with Crippen molar-refractivity contribution in [1.29, 1.82) is 0 Å². The summed E-state index contributed by atoms with van der Waals surface area (Å²) >= 11 is 0. The topological polar surface area (TPSA) is 55.1 Å². The molecule has 0 aromatic heterocycles. The fourth-order valence-electron chi connectivity index (χ4n) is 2.42. The predicted octanol–water partition coefficient (Wildman–Crippen LogP) is 2.09. The number of rotatable bonds is 6. The zero-order valence-electron chi connectivity index (χ0n) is 10.8. The molecule has 0 aliphatic heterocycles. The minimum absolute atomic E-state index is 0. The van der Waals surface area contributed by atoms with Gasteiger partial charge in [0.2, 0.25) is 5.91 Å². The monoisotopic (exact) mass is 260 g/mol. The molecule has 1 atom stereocenters. The Hall–Kier alpha value is -0.280. The van der Waals surface area contributed by atoms with Crippen LogP contribution in [0.3, 0.4) is 0 Å². The molecule has 0 bridgehead atoms. The molecule has 0 heterocycles. The number of nitrogens with two attached hydrogens (primary N) is 1. The fourth-order valence-corrected chi connectivity index (χ4v) is 2.42.